The molecule has 1 heterocycles. The quantitative estimate of drug-likeness (QED) is 0.791. The van der Waals surface area contributed by atoms with Crippen molar-refractivity contribution in [1.82, 2.24) is 10.3 Å². The molecule has 0 bridgehead atoms. The SMILES string of the molecule is O=C(CNCCc1ccccn1)Nc1ccc(F)cc1. The number of aromatic nitrogens is 1. The first kappa shape index (κ1) is 14.1. The van der Waals surface area contributed by atoms with E-state index in [2.05, 4.69) is 15.6 Å². The highest BCUT2D eigenvalue weighted by Gasteiger charge is 2.02. The number of anilines is 1. The number of nitrogens with one attached hydrogen (secondary N) is 2. The molecular formula is C15H16FN3O. The maximum atomic E-state index is 12.7. The van der Waals surface area contributed by atoms with Gasteiger partial charge < -0.3 is 10.6 Å². The lowest BCUT2D eigenvalue weighted by Gasteiger charge is -2.06. The number of hydrogen-bond donors (Lipinski definition) is 2. The summed E-state index contributed by atoms with van der Waals surface area (Å²) in [5.41, 5.74) is 1.57. The topological polar surface area (TPSA) is 54.0 Å². The Labute approximate surface area is 117 Å². The summed E-state index contributed by atoms with van der Waals surface area (Å²) in [4.78, 5) is 15.8. The largest absolute Gasteiger partial charge is 0.325 e. The summed E-state index contributed by atoms with van der Waals surface area (Å²) in [6, 6.07) is 11.4. The fraction of sp³-hybridized carbons (Fsp3) is 0.200. The van der Waals surface area contributed by atoms with E-state index in [0.29, 0.717) is 12.2 Å². The summed E-state index contributed by atoms with van der Waals surface area (Å²) >= 11 is 0. The Hall–Kier alpha value is -2.27. The summed E-state index contributed by atoms with van der Waals surface area (Å²) < 4.78 is 12.7. The highest BCUT2D eigenvalue weighted by Crippen LogP contribution is 2.07. The normalized spacial score (nSPS) is 10.2. The molecule has 20 heavy (non-hydrogen) atoms. The predicted octanol–water partition coefficient (Wildman–Crippen LogP) is 1.99. The maximum absolute atomic E-state index is 12.7. The van der Waals surface area contributed by atoms with Crippen LogP contribution in [0.25, 0.3) is 0 Å². The number of carbonyl (C=O) groups is 1. The molecule has 0 aliphatic heterocycles. The van der Waals surface area contributed by atoms with Crippen LogP contribution in [-0.2, 0) is 11.2 Å². The minimum Gasteiger partial charge on any atom is -0.325 e. The zero-order chi connectivity index (χ0) is 14.2. The van der Waals surface area contributed by atoms with Crippen LogP contribution in [0.1, 0.15) is 5.69 Å². The van der Waals surface area contributed by atoms with Crippen molar-refractivity contribution in [2.45, 2.75) is 6.42 Å². The average Bonchev–Trinajstić information content (AvgIpc) is 2.47. The van der Waals surface area contributed by atoms with Crippen LogP contribution in [0.2, 0.25) is 0 Å². The Kier molecular flexibility index (Phi) is 5.20. The molecule has 1 amide bonds. The summed E-state index contributed by atoms with van der Waals surface area (Å²) in [5.74, 6) is -0.478. The molecule has 0 saturated carbocycles. The summed E-state index contributed by atoms with van der Waals surface area (Å²) in [5, 5.41) is 5.72. The molecule has 2 rings (SSSR count). The van der Waals surface area contributed by atoms with E-state index in [1.165, 1.54) is 24.3 Å². The lowest BCUT2D eigenvalue weighted by Crippen LogP contribution is -2.29. The minimum absolute atomic E-state index is 0.155. The zero-order valence-electron chi connectivity index (χ0n) is 11.0. The van der Waals surface area contributed by atoms with Crippen molar-refractivity contribution in [3.05, 3.63) is 60.2 Å². The van der Waals surface area contributed by atoms with Crippen molar-refractivity contribution in [3.8, 4) is 0 Å². The highest BCUT2D eigenvalue weighted by atomic mass is 19.1. The van der Waals surface area contributed by atoms with Gasteiger partial charge in [-0.1, -0.05) is 6.07 Å². The third-order valence-electron chi connectivity index (χ3n) is 2.70. The van der Waals surface area contributed by atoms with Crippen LogP contribution in [-0.4, -0.2) is 24.0 Å². The molecule has 1 aromatic heterocycles. The molecule has 0 saturated heterocycles. The van der Waals surface area contributed by atoms with Crippen molar-refractivity contribution < 1.29 is 9.18 Å². The number of rotatable bonds is 6. The van der Waals surface area contributed by atoms with Gasteiger partial charge in [-0.25, -0.2) is 4.39 Å². The van der Waals surface area contributed by atoms with Gasteiger partial charge in [-0.15, -0.1) is 0 Å². The fourth-order valence-corrected chi connectivity index (χ4v) is 1.70. The van der Waals surface area contributed by atoms with Gasteiger partial charge in [0, 0.05) is 30.5 Å². The van der Waals surface area contributed by atoms with Gasteiger partial charge in [0.25, 0.3) is 0 Å². The highest BCUT2D eigenvalue weighted by molar-refractivity contribution is 5.92. The minimum atomic E-state index is -0.323. The molecule has 2 aromatic rings. The van der Waals surface area contributed by atoms with Crippen molar-refractivity contribution in [2.24, 2.45) is 0 Å². The van der Waals surface area contributed by atoms with Crippen LogP contribution in [0.5, 0.6) is 0 Å². The van der Waals surface area contributed by atoms with E-state index >= 15 is 0 Å². The maximum Gasteiger partial charge on any atom is 0.238 e. The molecule has 0 fully saturated rings. The van der Waals surface area contributed by atoms with Crippen molar-refractivity contribution in [1.29, 1.82) is 0 Å². The number of nitrogens with zero attached hydrogens (tertiary/aromatic N) is 1. The Morgan fingerprint density at radius 3 is 2.65 bits per heavy atom. The van der Waals surface area contributed by atoms with Gasteiger partial charge in [-0.05, 0) is 36.4 Å². The lowest BCUT2D eigenvalue weighted by molar-refractivity contribution is -0.115. The van der Waals surface area contributed by atoms with E-state index in [1.807, 2.05) is 18.2 Å². The van der Waals surface area contributed by atoms with Gasteiger partial charge >= 0.3 is 0 Å². The number of hydrogen-bond acceptors (Lipinski definition) is 3. The number of halogens is 1. The van der Waals surface area contributed by atoms with Gasteiger partial charge in [0.1, 0.15) is 5.82 Å². The Balaban J connectivity index is 1.66. The molecule has 0 unspecified atom stereocenters. The molecule has 0 atom stereocenters. The van der Waals surface area contributed by atoms with Crippen LogP contribution in [0.15, 0.2) is 48.7 Å². The van der Waals surface area contributed by atoms with Crippen LogP contribution in [0.3, 0.4) is 0 Å². The predicted molar refractivity (Wildman–Crippen MR) is 75.8 cm³/mol. The monoisotopic (exact) mass is 273 g/mol. The molecule has 1 aromatic carbocycles. The van der Waals surface area contributed by atoms with Gasteiger partial charge in [-0.3, -0.25) is 9.78 Å². The van der Waals surface area contributed by atoms with E-state index < -0.39 is 0 Å². The third kappa shape index (κ3) is 4.78. The van der Waals surface area contributed by atoms with E-state index in [9.17, 15) is 9.18 Å². The Morgan fingerprint density at radius 1 is 1.15 bits per heavy atom. The zero-order valence-corrected chi connectivity index (χ0v) is 11.0. The lowest BCUT2D eigenvalue weighted by atomic mass is 10.3. The second-order valence-corrected chi connectivity index (χ2v) is 4.30. The summed E-state index contributed by atoms with van der Waals surface area (Å²) in [6.45, 7) is 0.887. The molecule has 4 nitrogen and oxygen atoms in total. The number of carbonyl (C=O) groups excluding carboxylic acids is 1. The molecule has 0 aliphatic carbocycles. The van der Waals surface area contributed by atoms with Gasteiger partial charge in [0.2, 0.25) is 5.91 Å². The average molecular weight is 273 g/mol. The molecule has 0 aliphatic rings. The van der Waals surface area contributed by atoms with Crippen LogP contribution in [0.4, 0.5) is 10.1 Å². The van der Waals surface area contributed by atoms with Gasteiger partial charge in [0.15, 0.2) is 0 Å². The molecular weight excluding hydrogens is 257 g/mol. The number of pyridine rings is 1. The van der Waals surface area contributed by atoms with E-state index in [4.69, 9.17) is 0 Å². The second kappa shape index (κ2) is 7.35. The van der Waals surface area contributed by atoms with Crippen molar-refractivity contribution in [2.75, 3.05) is 18.4 Å². The molecule has 2 N–H and O–H groups in total. The van der Waals surface area contributed by atoms with Gasteiger partial charge in [0.05, 0.1) is 6.54 Å². The Morgan fingerprint density at radius 2 is 1.95 bits per heavy atom. The van der Waals surface area contributed by atoms with Crippen LogP contribution < -0.4 is 10.6 Å². The van der Waals surface area contributed by atoms with E-state index in [1.54, 1.807) is 6.20 Å². The summed E-state index contributed by atoms with van der Waals surface area (Å²) in [7, 11) is 0. The first-order valence-corrected chi connectivity index (χ1v) is 6.40. The Bertz CT molecular complexity index is 543. The first-order valence-electron chi connectivity index (χ1n) is 6.40. The smallest absolute Gasteiger partial charge is 0.238 e. The van der Waals surface area contributed by atoms with E-state index in [0.717, 1.165) is 12.1 Å². The molecule has 5 heteroatoms. The summed E-state index contributed by atoms with van der Waals surface area (Å²) in [6.07, 6.45) is 2.52. The van der Waals surface area contributed by atoms with Crippen molar-refractivity contribution >= 4 is 11.6 Å². The number of benzene rings is 1. The third-order valence-corrected chi connectivity index (χ3v) is 2.70. The molecule has 0 radical (unpaired) electrons. The standard InChI is InChI=1S/C15H16FN3O/c16-12-4-6-14(7-5-12)19-15(20)11-17-10-8-13-3-1-2-9-18-13/h1-7,9,17H,8,10-11H2,(H,19,20). The first-order chi connectivity index (χ1) is 9.74. The van der Waals surface area contributed by atoms with Crippen LogP contribution >= 0.6 is 0 Å². The second-order valence-electron chi connectivity index (χ2n) is 4.30. The van der Waals surface area contributed by atoms with Crippen LogP contribution in [0, 0.1) is 5.82 Å². The number of amides is 1. The fourth-order valence-electron chi connectivity index (χ4n) is 1.70. The van der Waals surface area contributed by atoms with E-state index in [-0.39, 0.29) is 18.3 Å². The molecule has 104 valence electrons. The van der Waals surface area contributed by atoms with Gasteiger partial charge in [-0.2, -0.15) is 0 Å². The van der Waals surface area contributed by atoms with Crippen molar-refractivity contribution in [3.63, 3.8) is 0 Å². The molecule has 0 spiro atoms.